The van der Waals surface area contributed by atoms with Crippen molar-refractivity contribution in [1.29, 1.82) is 5.26 Å². The van der Waals surface area contributed by atoms with Gasteiger partial charge in [0.2, 0.25) is 0 Å². The molecular weight excluding hydrogens is 300 g/mol. The van der Waals surface area contributed by atoms with E-state index < -0.39 is 6.10 Å². The van der Waals surface area contributed by atoms with E-state index in [1.54, 1.807) is 55.5 Å². The van der Waals surface area contributed by atoms with Gasteiger partial charge in [-0.25, -0.2) is 0 Å². The first kappa shape index (κ1) is 15.9. The number of nitrogens with one attached hydrogen (secondary N) is 1. The third-order valence-corrected chi connectivity index (χ3v) is 3.22. The molecule has 1 atom stereocenters. The van der Waals surface area contributed by atoms with Crippen molar-refractivity contribution in [1.82, 2.24) is 0 Å². The second-order valence-corrected chi connectivity index (χ2v) is 5.17. The molecule has 2 aromatic rings. The number of rotatable bonds is 5. The first-order valence-electron chi connectivity index (χ1n) is 6.77. The summed E-state index contributed by atoms with van der Waals surface area (Å²) in [5.74, 6) is 0.285. The van der Waals surface area contributed by atoms with Crippen molar-refractivity contribution in [3.05, 3.63) is 59.1 Å². The number of carbonyl (C=O) groups is 1. The Kier molecular flexibility index (Phi) is 5.40. The molecular formula is C17H15ClN2O2. The van der Waals surface area contributed by atoms with Gasteiger partial charge in [-0.15, -0.1) is 0 Å². The lowest BCUT2D eigenvalue weighted by Crippen LogP contribution is -2.30. The largest absolute Gasteiger partial charge is 0.481 e. The summed E-state index contributed by atoms with van der Waals surface area (Å²) < 4.78 is 5.55. The highest BCUT2D eigenvalue weighted by Gasteiger charge is 2.15. The summed E-state index contributed by atoms with van der Waals surface area (Å²) in [6.07, 6.45) is -0.306. The van der Waals surface area contributed by atoms with Crippen LogP contribution < -0.4 is 10.1 Å². The number of anilines is 1. The number of nitriles is 1. The van der Waals surface area contributed by atoms with Crippen molar-refractivity contribution in [2.24, 2.45) is 0 Å². The number of hydrogen-bond acceptors (Lipinski definition) is 3. The Morgan fingerprint density at radius 3 is 2.68 bits per heavy atom. The summed E-state index contributed by atoms with van der Waals surface area (Å²) >= 11 is 5.87. The zero-order valence-corrected chi connectivity index (χ0v) is 12.8. The van der Waals surface area contributed by atoms with Gasteiger partial charge < -0.3 is 10.1 Å². The molecule has 0 radical (unpaired) electrons. The summed E-state index contributed by atoms with van der Waals surface area (Å²) in [5, 5.41) is 11.9. The maximum Gasteiger partial charge on any atom is 0.265 e. The van der Waals surface area contributed by atoms with Crippen molar-refractivity contribution in [3.8, 4) is 11.8 Å². The number of hydrogen-bond donors (Lipinski definition) is 1. The van der Waals surface area contributed by atoms with Crippen LogP contribution in [0, 0.1) is 11.3 Å². The van der Waals surface area contributed by atoms with E-state index in [1.165, 1.54) is 0 Å². The second kappa shape index (κ2) is 7.48. The smallest absolute Gasteiger partial charge is 0.265 e. The van der Waals surface area contributed by atoms with Gasteiger partial charge in [-0.05, 0) is 42.8 Å². The maximum atomic E-state index is 12.1. The molecule has 0 saturated heterocycles. The number of halogens is 1. The molecule has 5 heteroatoms. The van der Waals surface area contributed by atoms with Gasteiger partial charge in [0, 0.05) is 10.7 Å². The molecule has 22 heavy (non-hydrogen) atoms. The summed E-state index contributed by atoms with van der Waals surface area (Å²) in [5.41, 5.74) is 1.57. The highest BCUT2D eigenvalue weighted by atomic mass is 35.5. The zero-order chi connectivity index (χ0) is 15.9. The Balaban J connectivity index is 1.95. The molecule has 0 aliphatic carbocycles. The minimum Gasteiger partial charge on any atom is -0.481 e. The van der Waals surface area contributed by atoms with Crippen LogP contribution in [-0.4, -0.2) is 12.0 Å². The normalized spacial score (nSPS) is 11.3. The van der Waals surface area contributed by atoms with Crippen LogP contribution in [0.2, 0.25) is 5.02 Å². The fraction of sp³-hybridized carbons (Fsp3) is 0.176. The van der Waals surface area contributed by atoms with Gasteiger partial charge in [-0.3, -0.25) is 4.79 Å². The summed E-state index contributed by atoms with van der Waals surface area (Å²) in [6.45, 7) is 1.67. The maximum absolute atomic E-state index is 12.1. The van der Waals surface area contributed by atoms with Gasteiger partial charge >= 0.3 is 0 Å². The number of nitrogens with zero attached hydrogens (tertiary/aromatic N) is 1. The SMILES string of the molecule is CC(Oc1cccc(Cl)c1)C(=O)Nc1ccc(CC#N)cc1. The van der Waals surface area contributed by atoms with Crippen LogP contribution in [-0.2, 0) is 11.2 Å². The molecule has 0 aliphatic heterocycles. The van der Waals surface area contributed by atoms with Gasteiger partial charge in [-0.2, -0.15) is 5.26 Å². The van der Waals surface area contributed by atoms with E-state index in [0.717, 1.165) is 5.56 Å². The Morgan fingerprint density at radius 1 is 1.32 bits per heavy atom. The number of ether oxygens (including phenoxy) is 1. The molecule has 0 saturated carbocycles. The van der Waals surface area contributed by atoms with Crippen LogP contribution in [0.1, 0.15) is 12.5 Å². The molecule has 2 aromatic carbocycles. The van der Waals surface area contributed by atoms with E-state index in [4.69, 9.17) is 21.6 Å². The molecule has 1 unspecified atom stereocenters. The van der Waals surface area contributed by atoms with Crippen LogP contribution in [0.15, 0.2) is 48.5 Å². The molecule has 0 aromatic heterocycles. The van der Waals surface area contributed by atoms with Gasteiger partial charge in [0.25, 0.3) is 5.91 Å². The van der Waals surface area contributed by atoms with Gasteiger partial charge in [0.05, 0.1) is 12.5 Å². The number of carbonyl (C=O) groups excluding carboxylic acids is 1. The number of amides is 1. The predicted molar refractivity (Wildman–Crippen MR) is 85.9 cm³/mol. The van der Waals surface area contributed by atoms with Crippen LogP contribution in [0.25, 0.3) is 0 Å². The summed E-state index contributed by atoms with van der Waals surface area (Å²) in [7, 11) is 0. The van der Waals surface area contributed by atoms with Crippen molar-refractivity contribution < 1.29 is 9.53 Å². The Hall–Kier alpha value is -2.51. The lowest BCUT2D eigenvalue weighted by molar-refractivity contribution is -0.122. The first-order chi connectivity index (χ1) is 10.6. The van der Waals surface area contributed by atoms with Gasteiger partial charge in [0.1, 0.15) is 5.75 Å². The van der Waals surface area contributed by atoms with E-state index in [2.05, 4.69) is 11.4 Å². The van der Waals surface area contributed by atoms with Crippen LogP contribution in [0.4, 0.5) is 5.69 Å². The topological polar surface area (TPSA) is 62.1 Å². The zero-order valence-electron chi connectivity index (χ0n) is 12.0. The van der Waals surface area contributed by atoms with Crippen LogP contribution >= 0.6 is 11.6 Å². The predicted octanol–water partition coefficient (Wildman–Crippen LogP) is 3.81. The van der Waals surface area contributed by atoms with E-state index in [-0.39, 0.29) is 5.91 Å². The second-order valence-electron chi connectivity index (χ2n) is 4.74. The van der Waals surface area contributed by atoms with Gasteiger partial charge in [0.15, 0.2) is 6.10 Å². The van der Waals surface area contributed by atoms with E-state index in [1.807, 2.05) is 0 Å². The van der Waals surface area contributed by atoms with Crippen LogP contribution in [0.5, 0.6) is 5.75 Å². The third kappa shape index (κ3) is 4.51. The molecule has 2 rings (SSSR count). The highest BCUT2D eigenvalue weighted by molar-refractivity contribution is 6.30. The average molecular weight is 315 g/mol. The summed E-state index contributed by atoms with van der Waals surface area (Å²) in [4.78, 5) is 12.1. The minimum atomic E-state index is -0.655. The molecule has 4 nitrogen and oxygen atoms in total. The monoisotopic (exact) mass is 314 g/mol. The standard InChI is InChI=1S/C17H15ClN2O2/c1-12(22-16-4-2-3-14(18)11-16)17(21)20-15-7-5-13(6-8-15)9-10-19/h2-8,11-12H,9H2,1H3,(H,20,21). The van der Waals surface area contributed by atoms with E-state index in [9.17, 15) is 4.79 Å². The van der Waals surface area contributed by atoms with Crippen molar-refractivity contribution in [2.75, 3.05) is 5.32 Å². The van der Waals surface area contributed by atoms with Crippen LogP contribution in [0.3, 0.4) is 0 Å². The first-order valence-corrected chi connectivity index (χ1v) is 7.15. The fourth-order valence-electron chi connectivity index (χ4n) is 1.84. The minimum absolute atomic E-state index is 0.256. The molecule has 0 spiro atoms. The van der Waals surface area contributed by atoms with Gasteiger partial charge in [-0.1, -0.05) is 29.8 Å². The molecule has 0 fully saturated rings. The third-order valence-electron chi connectivity index (χ3n) is 2.98. The lowest BCUT2D eigenvalue weighted by Gasteiger charge is -2.15. The Morgan fingerprint density at radius 2 is 2.05 bits per heavy atom. The fourth-order valence-corrected chi connectivity index (χ4v) is 2.02. The molecule has 1 N–H and O–H groups in total. The molecule has 0 bridgehead atoms. The lowest BCUT2D eigenvalue weighted by atomic mass is 10.1. The molecule has 112 valence electrons. The van der Waals surface area contributed by atoms with E-state index in [0.29, 0.717) is 22.9 Å². The molecule has 0 aliphatic rings. The van der Waals surface area contributed by atoms with Crippen molar-refractivity contribution in [2.45, 2.75) is 19.4 Å². The molecule has 1 amide bonds. The Bertz CT molecular complexity index is 693. The average Bonchev–Trinajstić information content (AvgIpc) is 2.49. The van der Waals surface area contributed by atoms with Crippen molar-refractivity contribution >= 4 is 23.2 Å². The number of benzene rings is 2. The quantitative estimate of drug-likeness (QED) is 0.912. The van der Waals surface area contributed by atoms with E-state index >= 15 is 0 Å². The highest BCUT2D eigenvalue weighted by Crippen LogP contribution is 2.19. The Labute approximate surface area is 134 Å². The molecule has 0 heterocycles. The van der Waals surface area contributed by atoms with Crippen molar-refractivity contribution in [3.63, 3.8) is 0 Å². The summed E-state index contributed by atoms with van der Waals surface area (Å²) in [6, 6.07) is 16.1.